The van der Waals surface area contributed by atoms with Gasteiger partial charge in [-0.3, -0.25) is 0 Å². The van der Waals surface area contributed by atoms with E-state index in [-0.39, 0.29) is 0 Å². The quantitative estimate of drug-likeness (QED) is 0.284. The molecule has 164 valence electrons. The molecule has 0 amide bonds. The predicted molar refractivity (Wildman–Crippen MR) is 143 cm³/mol. The van der Waals surface area contributed by atoms with Crippen LogP contribution in [0.2, 0.25) is 0 Å². The van der Waals surface area contributed by atoms with Gasteiger partial charge in [0.2, 0.25) is 0 Å². The number of aromatic amines is 1. The second kappa shape index (κ2) is 8.98. The maximum atomic E-state index is 8.16. The van der Waals surface area contributed by atoms with Crippen LogP contribution in [0.15, 0.2) is 128 Å². The van der Waals surface area contributed by atoms with Crippen LogP contribution in [0.1, 0.15) is 17.1 Å². The summed E-state index contributed by atoms with van der Waals surface area (Å²) in [7, 11) is 0. The third-order valence-electron chi connectivity index (χ3n) is 6.25. The monoisotopic (exact) mass is 468 g/mol. The molecule has 4 heteroatoms. The molecule has 1 N–H and O–H groups in total. The second-order valence-corrected chi connectivity index (χ2v) is 14.8. The van der Waals surface area contributed by atoms with Crippen molar-refractivity contribution in [1.29, 1.82) is 0 Å². The Bertz CT molecular complexity index is 1220. The van der Waals surface area contributed by atoms with Crippen molar-refractivity contribution < 1.29 is 0 Å². The number of hydrogen-bond donors (Lipinski definition) is 1. The zero-order valence-electron chi connectivity index (χ0n) is 18.3. The molecule has 0 aliphatic carbocycles. The Balaban J connectivity index is 1.67. The van der Waals surface area contributed by atoms with Crippen molar-refractivity contribution in [2.75, 3.05) is 0 Å². The minimum absolute atomic E-state index is 0.660. The zero-order chi connectivity index (χ0) is 22.6. The van der Waals surface area contributed by atoms with Crippen molar-refractivity contribution in [3.8, 4) is 0 Å². The van der Waals surface area contributed by atoms with E-state index in [1.54, 1.807) is 0 Å². The molecule has 0 bridgehead atoms. The number of H-pyrrole nitrogens is 1. The van der Waals surface area contributed by atoms with Crippen molar-refractivity contribution in [2.45, 2.75) is 12.6 Å². The van der Waals surface area contributed by atoms with Gasteiger partial charge in [-0.25, -0.2) is 0 Å². The van der Waals surface area contributed by atoms with Crippen LogP contribution >= 0.6 is 17.2 Å². The fourth-order valence-corrected chi connectivity index (χ4v) is 10.6. The Hall–Kier alpha value is -3.19. The molecule has 0 atom stereocenters. The average Bonchev–Trinajstić information content (AvgIpc) is 3.32. The normalized spacial score (nSPS) is 12.7. The van der Waals surface area contributed by atoms with Gasteiger partial charge in [0, 0.05) is 0 Å². The van der Waals surface area contributed by atoms with Crippen LogP contribution in [-0.2, 0) is 12.6 Å². The first-order valence-electron chi connectivity index (χ1n) is 11.1. The van der Waals surface area contributed by atoms with Crippen molar-refractivity contribution in [3.05, 3.63) is 145 Å². The number of nitrogens with zero attached hydrogens (tertiary/aromatic N) is 1. The van der Waals surface area contributed by atoms with E-state index in [9.17, 15) is 0 Å². The first-order chi connectivity index (χ1) is 16.2. The zero-order valence-corrected chi connectivity index (χ0v) is 20.0. The molecule has 5 rings (SSSR count). The Labute approximate surface area is 200 Å². The van der Waals surface area contributed by atoms with Crippen molar-refractivity contribution in [1.82, 2.24) is 9.97 Å². The Morgan fingerprint density at radius 3 is 1.48 bits per heavy atom. The van der Waals surface area contributed by atoms with Gasteiger partial charge in [-0.15, -0.1) is 0 Å². The summed E-state index contributed by atoms with van der Waals surface area (Å²) in [6, 6.07) is 42.1. The number of aromatic nitrogens is 2. The molecule has 0 saturated heterocycles. The predicted octanol–water partition coefficient (Wildman–Crippen LogP) is 6.18. The van der Waals surface area contributed by atoms with Gasteiger partial charge in [-0.1, -0.05) is 0 Å². The fourth-order valence-electron chi connectivity index (χ4n) is 4.62. The molecule has 0 aliphatic rings. The molecule has 2 nitrogen and oxygen atoms in total. The van der Waals surface area contributed by atoms with Gasteiger partial charge in [-0.05, 0) is 0 Å². The van der Waals surface area contributed by atoms with Gasteiger partial charge >= 0.3 is 200 Å². The minimum atomic E-state index is -3.36. The van der Waals surface area contributed by atoms with E-state index in [4.69, 9.17) is 16.2 Å². The van der Waals surface area contributed by atoms with E-state index in [1.807, 2.05) is 30.5 Å². The summed E-state index contributed by atoms with van der Waals surface area (Å²) in [5, 5.41) is 3.46. The Morgan fingerprint density at radius 1 is 0.606 bits per heavy atom. The van der Waals surface area contributed by atoms with Crippen LogP contribution in [0.3, 0.4) is 0 Å². The van der Waals surface area contributed by atoms with Crippen LogP contribution in [-0.4, -0.2) is 9.97 Å². The number of rotatable bonds is 7. The van der Waals surface area contributed by atoms with Gasteiger partial charge in [0.1, 0.15) is 0 Å². The summed E-state index contributed by atoms with van der Waals surface area (Å²) in [6.45, 7) is 0. The van der Waals surface area contributed by atoms with E-state index < -0.39 is 5.96 Å². The van der Waals surface area contributed by atoms with Gasteiger partial charge in [0.05, 0.1) is 0 Å². The number of halogens is 1. The second-order valence-electron chi connectivity index (χ2n) is 8.37. The molecule has 4 aromatic carbocycles. The van der Waals surface area contributed by atoms with Crippen LogP contribution in [0.4, 0.5) is 0 Å². The van der Waals surface area contributed by atoms with Crippen molar-refractivity contribution in [2.24, 2.45) is 0 Å². The third-order valence-corrected chi connectivity index (χ3v) is 13.4. The SMILES string of the molecule is ClP(Cc1cnc(Cc2ccccc2)[nH]1)(c1ccccc1)(c1ccccc1)c1ccccc1. The molecule has 1 aromatic heterocycles. The van der Waals surface area contributed by atoms with E-state index in [2.05, 4.69) is 102 Å². The molecule has 1 heterocycles. The molecule has 0 fully saturated rings. The topological polar surface area (TPSA) is 28.7 Å². The number of imidazole rings is 1. The fraction of sp³-hybridized carbons (Fsp3) is 0.0690. The van der Waals surface area contributed by atoms with E-state index in [1.165, 1.54) is 5.56 Å². The molecule has 0 unspecified atom stereocenters. The molecule has 33 heavy (non-hydrogen) atoms. The van der Waals surface area contributed by atoms with Crippen LogP contribution in [0.25, 0.3) is 0 Å². The summed E-state index contributed by atoms with van der Waals surface area (Å²) < 4.78 is 0. The van der Waals surface area contributed by atoms with Gasteiger partial charge in [0.25, 0.3) is 0 Å². The standard InChI is InChI=1S/C29H26ClN2P/c30-33(26-15-7-2-8-16-26,27-17-9-3-10-18-27,28-19-11-4-12-20-28)23-25-22-31-29(32-25)21-24-13-5-1-6-14-24/h1-20,22H,21,23H2,(H,31,32). The van der Waals surface area contributed by atoms with Crippen LogP contribution in [0, 0.1) is 0 Å². The molecular weight excluding hydrogens is 443 g/mol. The molecule has 5 aromatic rings. The van der Waals surface area contributed by atoms with Gasteiger partial charge < -0.3 is 0 Å². The summed E-state index contributed by atoms with van der Waals surface area (Å²) >= 11 is 8.16. The maximum absolute atomic E-state index is 8.16. The number of nitrogens with one attached hydrogen (secondary N) is 1. The van der Waals surface area contributed by atoms with Crippen LogP contribution in [0.5, 0.6) is 0 Å². The van der Waals surface area contributed by atoms with Gasteiger partial charge in [-0.2, -0.15) is 0 Å². The first kappa shape index (κ1) is 21.6. The first-order valence-corrected chi connectivity index (χ1v) is 14.5. The van der Waals surface area contributed by atoms with Gasteiger partial charge in [0.15, 0.2) is 0 Å². The Morgan fingerprint density at radius 2 is 1.03 bits per heavy atom. The average molecular weight is 469 g/mol. The summed E-state index contributed by atoms with van der Waals surface area (Å²) in [6.07, 6.45) is 3.38. The third kappa shape index (κ3) is 4.02. The summed E-state index contributed by atoms with van der Waals surface area (Å²) in [4.78, 5) is 8.30. The van der Waals surface area contributed by atoms with E-state index >= 15 is 0 Å². The summed E-state index contributed by atoms with van der Waals surface area (Å²) in [5.41, 5.74) is 2.28. The van der Waals surface area contributed by atoms with E-state index in [0.717, 1.165) is 33.9 Å². The van der Waals surface area contributed by atoms with Crippen molar-refractivity contribution >= 4 is 33.1 Å². The summed E-state index contributed by atoms with van der Waals surface area (Å²) in [5.74, 6) is -2.41. The van der Waals surface area contributed by atoms with Crippen LogP contribution < -0.4 is 15.9 Å². The molecule has 0 radical (unpaired) electrons. The van der Waals surface area contributed by atoms with Crippen molar-refractivity contribution in [3.63, 3.8) is 0 Å². The molecule has 0 spiro atoms. The number of hydrogen-bond acceptors (Lipinski definition) is 1. The molecule has 0 aliphatic heterocycles. The van der Waals surface area contributed by atoms with E-state index in [0.29, 0.717) is 6.16 Å². The number of benzene rings is 4. The molecule has 0 saturated carbocycles. The molecular formula is C29H26ClN2P. The Kier molecular flexibility index (Phi) is 5.89.